The summed E-state index contributed by atoms with van der Waals surface area (Å²) in [5, 5.41) is 17.4. The maximum absolute atomic E-state index is 10.8. The van der Waals surface area contributed by atoms with Crippen molar-refractivity contribution < 1.29 is 19.8 Å². The van der Waals surface area contributed by atoms with Crippen molar-refractivity contribution in [3.05, 3.63) is 0 Å². The van der Waals surface area contributed by atoms with Gasteiger partial charge in [0.05, 0.1) is 5.92 Å². The highest BCUT2D eigenvalue weighted by Gasteiger charge is 2.18. The molecule has 2 N–H and O–H groups in total. The van der Waals surface area contributed by atoms with Crippen molar-refractivity contribution in [1.29, 1.82) is 0 Å². The molecule has 0 aliphatic carbocycles. The lowest BCUT2D eigenvalue weighted by molar-refractivity contribution is -0.142. The minimum atomic E-state index is -0.815. The second kappa shape index (κ2) is 7.26. The topological polar surface area (TPSA) is 74.6 Å². The van der Waals surface area contributed by atoms with Crippen LogP contribution in [0.5, 0.6) is 0 Å². The van der Waals surface area contributed by atoms with Gasteiger partial charge in [-0.1, -0.05) is 20.3 Å². The van der Waals surface area contributed by atoms with Crippen molar-refractivity contribution in [1.82, 2.24) is 0 Å². The lowest BCUT2D eigenvalue weighted by Gasteiger charge is -2.13. The fourth-order valence-electron chi connectivity index (χ4n) is 1.63. The van der Waals surface area contributed by atoms with Crippen molar-refractivity contribution in [3.63, 3.8) is 0 Å². The standard InChI is InChI=1S/C11H20O4/c1-3-4-9(11(14)15)6-5-8(2)7-10(12)13/h8-9H,3-7H2,1-2H3,(H,12,13)(H,14,15). The van der Waals surface area contributed by atoms with Crippen molar-refractivity contribution in [2.24, 2.45) is 11.8 Å². The first-order valence-corrected chi connectivity index (χ1v) is 5.42. The van der Waals surface area contributed by atoms with Gasteiger partial charge in [0.1, 0.15) is 0 Å². The average molecular weight is 216 g/mol. The highest BCUT2D eigenvalue weighted by atomic mass is 16.4. The Balaban J connectivity index is 3.88. The van der Waals surface area contributed by atoms with E-state index < -0.39 is 11.9 Å². The molecule has 0 amide bonds. The van der Waals surface area contributed by atoms with Crippen molar-refractivity contribution in [2.75, 3.05) is 0 Å². The van der Waals surface area contributed by atoms with Gasteiger partial charge in [-0.25, -0.2) is 0 Å². The molecule has 88 valence electrons. The lowest BCUT2D eigenvalue weighted by Crippen LogP contribution is -2.15. The van der Waals surface area contributed by atoms with E-state index in [0.29, 0.717) is 19.3 Å². The number of carboxylic acid groups (broad SMARTS) is 2. The highest BCUT2D eigenvalue weighted by Crippen LogP contribution is 2.19. The molecule has 2 atom stereocenters. The zero-order valence-corrected chi connectivity index (χ0v) is 9.40. The first kappa shape index (κ1) is 13.9. The molecule has 0 radical (unpaired) electrons. The molecule has 0 spiro atoms. The maximum Gasteiger partial charge on any atom is 0.306 e. The van der Waals surface area contributed by atoms with E-state index in [1.54, 1.807) is 0 Å². The summed E-state index contributed by atoms with van der Waals surface area (Å²) >= 11 is 0. The molecule has 4 heteroatoms. The molecular weight excluding hydrogens is 196 g/mol. The lowest BCUT2D eigenvalue weighted by atomic mass is 9.92. The molecule has 15 heavy (non-hydrogen) atoms. The molecule has 0 saturated heterocycles. The first-order chi connectivity index (χ1) is 6.97. The zero-order valence-electron chi connectivity index (χ0n) is 9.40. The van der Waals surface area contributed by atoms with E-state index in [4.69, 9.17) is 10.2 Å². The third-order valence-corrected chi connectivity index (χ3v) is 2.52. The Morgan fingerprint density at radius 2 is 1.73 bits per heavy atom. The first-order valence-electron chi connectivity index (χ1n) is 5.42. The number of hydrogen-bond acceptors (Lipinski definition) is 2. The van der Waals surface area contributed by atoms with E-state index >= 15 is 0 Å². The van der Waals surface area contributed by atoms with Crippen LogP contribution >= 0.6 is 0 Å². The number of aliphatic carboxylic acids is 2. The molecular formula is C11H20O4. The molecule has 0 aromatic carbocycles. The van der Waals surface area contributed by atoms with Crippen LogP contribution in [0.15, 0.2) is 0 Å². The molecule has 0 aliphatic rings. The number of carboxylic acids is 2. The molecule has 0 aromatic rings. The normalized spacial score (nSPS) is 14.5. The monoisotopic (exact) mass is 216 g/mol. The van der Waals surface area contributed by atoms with E-state index in [1.807, 2.05) is 13.8 Å². The second-order valence-electron chi connectivity index (χ2n) is 4.10. The SMILES string of the molecule is CCCC(CCC(C)CC(=O)O)C(=O)O. The summed E-state index contributed by atoms with van der Waals surface area (Å²) in [6, 6.07) is 0. The Bertz CT molecular complexity index is 213. The van der Waals surface area contributed by atoms with Gasteiger partial charge in [0, 0.05) is 6.42 Å². The van der Waals surface area contributed by atoms with Crippen LogP contribution in [0, 0.1) is 11.8 Å². The number of carbonyl (C=O) groups is 2. The minimum absolute atomic E-state index is 0.0567. The van der Waals surface area contributed by atoms with Gasteiger partial charge in [-0.15, -0.1) is 0 Å². The Kier molecular flexibility index (Phi) is 6.75. The zero-order chi connectivity index (χ0) is 11.8. The van der Waals surface area contributed by atoms with Crippen LogP contribution in [0.2, 0.25) is 0 Å². The summed E-state index contributed by atoms with van der Waals surface area (Å²) in [5.41, 5.74) is 0. The molecule has 0 rings (SSSR count). The van der Waals surface area contributed by atoms with Gasteiger partial charge in [-0.2, -0.15) is 0 Å². The fourth-order valence-corrected chi connectivity index (χ4v) is 1.63. The Labute approximate surface area is 90.3 Å². The molecule has 0 heterocycles. The Hall–Kier alpha value is -1.06. The van der Waals surface area contributed by atoms with Crippen LogP contribution in [-0.4, -0.2) is 22.2 Å². The molecule has 0 fully saturated rings. The van der Waals surface area contributed by atoms with Gasteiger partial charge in [0.2, 0.25) is 0 Å². The summed E-state index contributed by atoms with van der Waals surface area (Å²) in [6.07, 6.45) is 2.90. The van der Waals surface area contributed by atoms with Crippen LogP contribution in [-0.2, 0) is 9.59 Å². The Morgan fingerprint density at radius 3 is 2.13 bits per heavy atom. The highest BCUT2D eigenvalue weighted by molar-refractivity contribution is 5.70. The third-order valence-electron chi connectivity index (χ3n) is 2.52. The van der Waals surface area contributed by atoms with E-state index in [1.165, 1.54) is 0 Å². The summed E-state index contributed by atoms with van der Waals surface area (Å²) in [6.45, 7) is 3.80. The molecule has 0 saturated carbocycles. The third kappa shape index (κ3) is 6.94. The van der Waals surface area contributed by atoms with Crippen LogP contribution in [0.4, 0.5) is 0 Å². The fraction of sp³-hybridized carbons (Fsp3) is 0.818. The van der Waals surface area contributed by atoms with Crippen molar-refractivity contribution >= 4 is 11.9 Å². The minimum Gasteiger partial charge on any atom is -0.481 e. The Morgan fingerprint density at radius 1 is 1.13 bits per heavy atom. The summed E-state index contributed by atoms with van der Waals surface area (Å²) < 4.78 is 0. The largest absolute Gasteiger partial charge is 0.481 e. The average Bonchev–Trinajstić information content (AvgIpc) is 2.10. The van der Waals surface area contributed by atoms with Crippen LogP contribution in [0.3, 0.4) is 0 Å². The number of hydrogen-bond donors (Lipinski definition) is 2. The molecule has 2 unspecified atom stereocenters. The number of rotatable bonds is 8. The van der Waals surface area contributed by atoms with E-state index in [-0.39, 0.29) is 18.3 Å². The molecule has 0 bridgehead atoms. The molecule has 4 nitrogen and oxygen atoms in total. The van der Waals surface area contributed by atoms with Gasteiger partial charge in [-0.3, -0.25) is 9.59 Å². The van der Waals surface area contributed by atoms with Crippen molar-refractivity contribution in [2.45, 2.75) is 46.0 Å². The maximum atomic E-state index is 10.8. The van der Waals surface area contributed by atoms with Gasteiger partial charge in [0.15, 0.2) is 0 Å². The summed E-state index contributed by atoms with van der Waals surface area (Å²) in [4.78, 5) is 21.2. The predicted octanol–water partition coefficient (Wildman–Crippen LogP) is 2.38. The quantitative estimate of drug-likeness (QED) is 0.653. The van der Waals surface area contributed by atoms with E-state index in [9.17, 15) is 9.59 Å². The summed E-state index contributed by atoms with van der Waals surface area (Å²) in [7, 11) is 0. The van der Waals surface area contributed by atoms with Gasteiger partial charge >= 0.3 is 11.9 Å². The molecule has 0 aliphatic heterocycles. The van der Waals surface area contributed by atoms with Crippen LogP contribution in [0.25, 0.3) is 0 Å². The van der Waals surface area contributed by atoms with Crippen LogP contribution in [0.1, 0.15) is 46.0 Å². The smallest absolute Gasteiger partial charge is 0.306 e. The van der Waals surface area contributed by atoms with Crippen LogP contribution < -0.4 is 0 Å². The summed E-state index contributed by atoms with van der Waals surface area (Å²) in [5.74, 6) is -1.84. The van der Waals surface area contributed by atoms with Gasteiger partial charge < -0.3 is 10.2 Å². The second-order valence-corrected chi connectivity index (χ2v) is 4.10. The van der Waals surface area contributed by atoms with E-state index in [2.05, 4.69) is 0 Å². The molecule has 0 aromatic heterocycles. The van der Waals surface area contributed by atoms with Gasteiger partial charge in [0.25, 0.3) is 0 Å². The van der Waals surface area contributed by atoms with Crippen molar-refractivity contribution in [3.8, 4) is 0 Å². The van der Waals surface area contributed by atoms with Gasteiger partial charge in [-0.05, 0) is 25.2 Å². The van der Waals surface area contributed by atoms with E-state index in [0.717, 1.165) is 6.42 Å². The predicted molar refractivity (Wildman–Crippen MR) is 56.7 cm³/mol.